The van der Waals surface area contributed by atoms with Gasteiger partial charge in [0.05, 0.1) is 0 Å². The van der Waals surface area contributed by atoms with Crippen molar-refractivity contribution in [2.45, 2.75) is 57.5 Å². The Balaban J connectivity index is 1.54. The smallest absolute Gasteiger partial charge is 0.224 e. The first-order valence-electron chi connectivity index (χ1n) is 10.4. The molecule has 154 valence electrons. The van der Waals surface area contributed by atoms with E-state index in [4.69, 9.17) is 0 Å². The topological polar surface area (TPSA) is 49.4 Å². The number of Topliss-reactive ketones (excluding diaryl/α,β-unsaturated/α-hetero) is 1. The first kappa shape index (κ1) is 21.7. The van der Waals surface area contributed by atoms with E-state index in [0.717, 1.165) is 22.3 Å². The average molecular weight is 457 g/mol. The molecule has 0 unspecified atom stereocenters. The lowest BCUT2D eigenvalue weighted by Crippen LogP contribution is -2.33. The van der Waals surface area contributed by atoms with Crippen molar-refractivity contribution >= 4 is 33.3 Å². The van der Waals surface area contributed by atoms with Crippen LogP contribution in [0.5, 0.6) is 0 Å². The number of halogens is 1. The predicted octanol–water partition coefficient (Wildman–Crippen LogP) is 5.82. The second kappa shape index (κ2) is 10.7. The fourth-order valence-corrected chi connectivity index (χ4v) is 4.18. The number of ketones is 1. The lowest BCUT2D eigenvalue weighted by Gasteiger charge is -2.31. The third-order valence-corrected chi connectivity index (χ3v) is 6.18. The first-order chi connectivity index (χ1) is 14.0. The van der Waals surface area contributed by atoms with E-state index in [-0.39, 0.29) is 24.5 Å². The zero-order valence-corrected chi connectivity index (χ0v) is 18.6. The van der Waals surface area contributed by atoms with Crippen molar-refractivity contribution < 1.29 is 9.59 Å². The summed E-state index contributed by atoms with van der Waals surface area (Å²) in [6, 6.07) is 15.8. The van der Waals surface area contributed by atoms with Crippen molar-refractivity contribution in [3.8, 4) is 0 Å². The number of nitrogens with one attached hydrogen (secondary N) is 1. The normalized spacial score (nSPS) is 14.7. The van der Waals surface area contributed by atoms with Crippen LogP contribution in [-0.2, 0) is 11.3 Å². The van der Waals surface area contributed by atoms with Crippen LogP contribution in [0.1, 0.15) is 60.9 Å². The first-order valence-corrected chi connectivity index (χ1v) is 11.2. The van der Waals surface area contributed by atoms with Crippen LogP contribution in [0.25, 0.3) is 0 Å². The lowest BCUT2D eigenvalue weighted by molar-refractivity contribution is -0.116. The molecule has 2 aromatic carbocycles. The molecule has 0 atom stereocenters. The summed E-state index contributed by atoms with van der Waals surface area (Å²) in [5.41, 5.74) is 2.60. The molecule has 1 fully saturated rings. The molecule has 0 aliphatic heterocycles. The van der Waals surface area contributed by atoms with E-state index in [9.17, 15) is 9.59 Å². The summed E-state index contributed by atoms with van der Waals surface area (Å²) >= 11 is 3.36. The van der Waals surface area contributed by atoms with E-state index in [1.165, 1.54) is 32.1 Å². The number of rotatable bonds is 8. The molecule has 3 rings (SSSR count). The molecule has 2 aromatic rings. The Kier molecular flexibility index (Phi) is 8.01. The number of para-hydroxylation sites is 1. The number of nitrogens with zero attached hydrogens (tertiary/aromatic N) is 1. The zero-order chi connectivity index (χ0) is 20.6. The van der Waals surface area contributed by atoms with Gasteiger partial charge in [0.25, 0.3) is 0 Å². The molecule has 1 amide bonds. The fourth-order valence-electron chi connectivity index (χ4n) is 3.92. The van der Waals surface area contributed by atoms with Gasteiger partial charge >= 0.3 is 0 Å². The molecular formula is C24H29BrN2O2. The number of amides is 1. The average Bonchev–Trinajstić information content (AvgIpc) is 2.74. The standard InChI is InChI=1S/C24H29BrN2O2/c1-27(21-8-3-2-4-9-21)17-19-7-5-6-10-22(19)26-24(29)16-15-23(28)18-11-13-20(25)14-12-18/h5-7,10-14,21H,2-4,8-9,15-17H2,1H3,(H,26,29). The molecule has 29 heavy (non-hydrogen) atoms. The molecule has 0 saturated heterocycles. The monoisotopic (exact) mass is 456 g/mol. The number of carbonyl (C=O) groups is 2. The van der Waals surface area contributed by atoms with Crippen molar-refractivity contribution in [1.82, 2.24) is 4.90 Å². The Morgan fingerprint density at radius 1 is 1.00 bits per heavy atom. The second-order valence-corrected chi connectivity index (χ2v) is 8.76. The Morgan fingerprint density at radius 3 is 2.41 bits per heavy atom. The summed E-state index contributed by atoms with van der Waals surface area (Å²) in [5.74, 6) is -0.138. The zero-order valence-electron chi connectivity index (χ0n) is 17.0. The Labute approximate surface area is 181 Å². The summed E-state index contributed by atoms with van der Waals surface area (Å²) in [5, 5.41) is 3.01. The number of hydrogen-bond donors (Lipinski definition) is 1. The van der Waals surface area contributed by atoms with E-state index < -0.39 is 0 Å². The summed E-state index contributed by atoms with van der Waals surface area (Å²) < 4.78 is 0.932. The summed E-state index contributed by atoms with van der Waals surface area (Å²) in [6.45, 7) is 0.818. The molecule has 0 spiro atoms. The van der Waals surface area contributed by atoms with Crippen LogP contribution in [0, 0.1) is 0 Å². The molecule has 1 aliphatic carbocycles. The van der Waals surface area contributed by atoms with E-state index >= 15 is 0 Å². The van der Waals surface area contributed by atoms with E-state index in [2.05, 4.69) is 39.3 Å². The maximum absolute atomic E-state index is 12.5. The van der Waals surface area contributed by atoms with Crippen molar-refractivity contribution in [2.24, 2.45) is 0 Å². The van der Waals surface area contributed by atoms with Crippen LogP contribution in [0.3, 0.4) is 0 Å². The highest BCUT2D eigenvalue weighted by Crippen LogP contribution is 2.25. The van der Waals surface area contributed by atoms with Crippen molar-refractivity contribution in [3.05, 3.63) is 64.1 Å². The SMILES string of the molecule is CN(Cc1ccccc1NC(=O)CCC(=O)c1ccc(Br)cc1)C1CCCCC1. The highest BCUT2D eigenvalue weighted by molar-refractivity contribution is 9.10. The van der Waals surface area contributed by atoms with Gasteiger partial charge in [-0.25, -0.2) is 0 Å². The number of hydrogen-bond acceptors (Lipinski definition) is 3. The quantitative estimate of drug-likeness (QED) is 0.509. The summed E-state index contributed by atoms with van der Waals surface area (Å²) in [7, 11) is 2.17. The van der Waals surface area contributed by atoms with Crippen LogP contribution >= 0.6 is 15.9 Å². The molecule has 0 bridgehead atoms. The van der Waals surface area contributed by atoms with Crippen molar-refractivity contribution in [2.75, 3.05) is 12.4 Å². The third-order valence-electron chi connectivity index (χ3n) is 5.65. The van der Waals surface area contributed by atoms with E-state index in [1.807, 2.05) is 30.3 Å². The molecule has 1 aliphatic rings. The van der Waals surface area contributed by atoms with Crippen LogP contribution in [0.2, 0.25) is 0 Å². The van der Waals surface area contributed by atoms with Crippen molar-refractivity contribution in [3.63, 3.8) is 0 Å². The Hall–Kier alpha value is -1.98. The molecule has 0 radical (unpaired) electrons. The van der Waals surface area contributed by atoms with Gasteiger partial charge in [-0.15, -0.1) is 0 Å². The van der Waals surface area contributed by atoms with Gasteiger partial charge in [0, 0.05) is 41.2 Å². The minimum atomic E-state index is -0.122. The highest BCUT2D eigenvalue weighted by atomic mass is 79.9. The van der Waals surface area contributed by atoms with Crippen LogP contribution in [0.15, 0.2) is 53.0 Å². The van der Waals surface area contributed by atoms with Crippen LogP contribution < -0.4 is 5.32 Å². The van der Waals surface area contributed by atoms with E-state index in [0.29, 0.717) is 11.6 Å². The predicted molar refractivity (Wildman–Crippen MR) is 121 cm³/mol. The number of carbonyl (C=O) groups excluding carboxylic acids is 2. The van der Waals surface area contributed by atoms with Gasteiger partial charge in [0.15, 0.2) is 5.78 Å². The number of benzene rings is 2. The molecule has 0 aromatic heterocycles. The third kappa shape index (κ3) is 6.51. The Bertz CT molecular complexity index is 829. The lowest BCUT2D eigenvalue weighted by atomic mass is 9.94. The minimum absolute atomic E-state index is 0.0158. The molecular weight excluding hydrogens is 428 g/mol. The van der Waals surface area contributed by atoms with Gasteiger partial charge in [-0.2, -0.15) is 0 Å². The van der Waals surface area contributed by atoms with Gasteiger partial charge in [0.2, 0.25) is 5.91 Å². The Morgan fingerprint density at radius 2 is 1.69 bits per heavy atom. The minimum Gasteiger partial charge on any atom is -0.326 e. The molecule has 5 heteroatoms. The molecule has 1 N–H and O–H groups in total. The van der Waals surface area contributed by atoms with Gasteiger partial charge in [-0.05, 0) is 43.7 Å². The van der Waals surface area contributed by atoms with Crippen LogP contribution in [-0.4, -0.2) is 29.7 Å². The van der Waals surface area contributed by atoms with Gasteiger partial charge < -0.3 is 5.32 Å². The maximum Gasteiger partial charge on any atom is 0.224 e. The van der Waals surface area contributed by atoms with Gasteiger partial charge in [0.1, 0.15) is 0 Å². The van der Waals surface area contributed by atoms with Gasteiger partial charge in [-0.3, -0.25) is 14.5 Å². The second-order valence-electron chi connectivity index (χ2n) is 7.84. The largest absolute Gasteiger partial charge is 0.326 e. The fraction of sp³-hybridized carbons (Fsp3) is 0.417. The molecule has 1 saturated carbocycles. The summed E-state index contributed by atoms with van der Waals surface area (Å²) in [6.07, 6.45) is 6.85. The maximum atomic E-state index is 12.5. The van der Waals surface area contributed by atoms with E-state index in [1.54, 1.807) is 12.1 Å². The van der Waals surface area contributed by atoms with Crippen LogP contribution in [0.4, 0.5) is 5.69 Å². The molecule has 0 heterocycles. The van der Waals surface area contributed by atoms with Gasteiger partial charge in [-0.1, -0.05) is 65.5 Å². The highest BCUT2D eigenvalue weighted by Gasteiger charge is 2.19. The molecule has 4 nitrogen and oxygen atoms in total. The summed E-state index contributed by atoms with van der Waals surface area (Å²) in [4.78, 5) is 27.2. The van der Waals surface area contributed by atoms with Crippen molar-refractivity contribution in [1.29, 1.82) is 0 Å². The number of anilines is 1.